The van der Waals surface area contributed by atoms with Crippen molar-refractivity contribution in [2.24, 2.45) is 34.5 Å². The van der Waals surface area contributed by atoms with Gasteiger partial charge in [0.15, 0.2) is 5.79 Å². The van der Waals surface area contributed by atoms with E-state index >= 15 is 0 Å². The summed E-state index contributed by atoms with van der Waals surface area (Å²) in [6.45, 7) is 8.98. The Morgan fingerprint density at radius 3 is 2.40 bits per heavy atom. The van der Waals surface area contributed by atoms with Crippen molar-refractivity contribution in [2.75, 3.05) is 0 Å². The van der Waals surface area contributed by atoms with Crippen LogP contribution in [0, 0.1) is 34.5 Å². The first kappa shape index (κ1) is 16.7. The maximum Gasteiger partial charge on any atom is 0.163 e. The summed E-state index contributed by atoms with van der Waals surface area (Å²) in [6.07, 6.45) is 9.93. The zero-order valence-corrected chi connectivity index (χ0v) is 16.3. The fourth-order valence-electron chi connectivity index (χ4n) is 8.01. The lowest BCUT2D eigenvalue weighted by atomic mass is 9.44. The minimum absolute atomic E-state index is 0.0975. The SMILES string of the molecule is CC1(C)OC2C3C(CC[C@]4(C)C(=O)CCC34)[C@@]3(C)CCCCC3[C@H]2O1. The fraction of sp³-hybridized carbons (Fsp3) is 0.955. The number of fused-ring (bicyclic) bond motifs is 8. The molecule has 8 atom stereocenters. The molecular weight excluding hydrogens is 312 g/mol. The van der Waals surface area contributed by atoms with Crippen molar-refractivity contribution >= 4 is 5.78 Å². The van der Waals surface area contributed by atoms with Crippen molar-refractivity contribution in [3.8, 4) is 0 Å². The maximum atomic E-state index is 12.7. The van der Waals surface area contributed by atoms with Crippen LogP contribution < -0.4 is 0 Å². The van der Waals surface area contributed by atoms with Crippen LogP contribution in [0.3, 0.4) is 0 Å². The second-order valence-electron chi connectivity index (χ2n) is 10.6. The van der Waals surface area contributed by atoms with Crippen molar-refractivity contribution < 1.29 is 14.3 Å². The lowest BCUT2D eigenvalue weighted by molar-refractivity contribution is -0.177. The molecular formula is C22H34O3. The Morgan fingerprint density at radius 1 is 0.840 bits per heavy atom. The zero-order chi connectivity index (χ0) is 17.6. The number of hydrogen-bond acceptors (Lipinski definition) is 3. The van der Waals surface area contributed by atoms with E-state index in [9.17, 15) is 4.79 Å². The summed E-state index contributed by atoms with van der Waals surface area (Å²) in [4.78, 5) is 12.7. The quantitative estimate of drug-likeness (QED) is 0.636. The summed E-state index contributed by atoms with van der Waals surface area (Å²) in [5, 5.41) is 0. The average molecular weight is 347 g/mol. The Hall–Kier alpha value is -0.410. The van der Waals surface area contributed by atoms with Gasteiger partial charge in [0.1, 0.15) is 5.78 Å². The van der Waals surface area contributed by atoms with E-state index in [2.05, 4.69) is 27.7 Å². The predicted octanol–water partition coefficient (Wildman–Crippen LogP) is 4.73. The first-order valence-electron chi connectivity index (χ1n) is 10.7. The summed E-state index contributed by atoms with van der Waals surface area (Å²) in [7, 11) is 0. The third kappa shape index (κ3) is 2.09. The maximum absolute atomic E-state index is 12.7. The molecule has 0 radical (unpaired) electrons. The molecule has 4 aliphatic carbocycles. The standard InChI is InChI=1S/C22H34O3/c1-20(2)24-18-15-7-5-6-11-21(15,3)14-10-12-22(4)13(8-9-16(22)23)17(14)19(18)25-20/h13-15,17-19H,5-12H2,1-4H3/t13?,14?,15?,17?,18-,19?,21-,22+/m1/s1. The van der Waals surface area contributed by atoms with Crippen LogP contribution in [-0.4, -0.2) is 23.8 Å². The number of carbonyl (C=O) groups is 1. The Morgan fingerprint density at radius 2 is 1.60 bits per heavy atom. The molecule has 140 valence electrons. The van der Waals surface area contributed by atoms with E-state index in [4.69, 9.17) is 9.47 Å². The molecule has 5 unspecified atom stereocenters. The van der Waals surface area contributed by atoms with Crippen molar-refractivity contribution in [1.29, 1.82) is 0 Å². The van der Waals surface area contributed by atoms with E-state index in [1.165, 1.54) is 32.1 Å². The molecule has 5 rings (SSSR count). The van der Waals surface area contributed by atoms with Crippen LogP contribution in [0.25, 0.3) is 0 Å². The largest absolute Gasteiger partial charge is 0.344 e. The molecule has 5 fully saturated rings. The van der Waals surface area contributed by atoms with Gasteiger partial charge >= 0.3 is 0 Å². The molecule has 0 aromatic rings. The number of Topliss-reactive ketones (excluding diaryl/α,β-unsaturated/α-hetero) is 1. The average Bonchev–Trinajstić information content (AvgIpc) is 3.03. The summed E-state index contributed by atoms with van der Waals surface area (Å²) < 4.78 is 13.1. The Kier molecular flexibility index (Phi) is 3.41. The Labute approximate surface area is 152 Å². The minimum Gasteiger partial charge on any atom is -0.344 e. The molecule has 1 aliphatic heterocycles. The van der Waals surface area contributed by atoms with Gasteiger partial charge in [0.2, 0.25) is 0 Å². The second-order valence-corrected chi connectivity index (χ2v) is 10.6. The lowest BCUT2D eigenvalue weighted by Crippen LogP contribution is -2.62. The van der Waals surface area contributed by atoms with Gasteiger partial charge in [-0.25, -0.2) is 0 Å². The molecule has 5 aliphatic rings. The van der Waals surface area contributed by atoms with Gasteiger partial charge in [0, 0.05) is 11.8 Å². The first-order valence-corrected chi connectivity index (χ1v) is 10.7. The summed E-state index contributed by atoms with van der Waals surface area (Å²) in [6, 6.07) is 0. The van der Waals surface area contributed by atoms with E-state index in [0.29, 0.717) is 34.9 Å². The number of hydrogen-bond donors (Lipinski definition) is 0. The van der Waals surface area contributed by atoms with E-state index in [-0.39, 0.29) is 17.6 Å². The summed E-state index contributed by atoms with van der Waals surface area (Å²) in [5.74, 6) is 2.40. The second kappa shape index (κ2) is 5.10. The van der Waals surface area contributed by atoms with Crippen LogP contribution in [0.1, 0.15) is 79.1 Å². The highest BCUT2D eigenvalue weighted by molar-refractivity contribution is 5.87. The molecule has 1 saturated heterocycles. The monoisotopic (exact) mass is 346 g/mol. The highest BCUT2D eigenvalue weighted by Gasteiger charge is 2.68. The normalized spacial score (nSPS) is 56.7. The van der Waals surface area contributed by atoms with E-state index in [0.717, 1.165) is 19.3 Å². The van der Waals surface area contributed by atoms with Crippen LogP contribution in [0.2, 0.25) is 0 Å². The van der Waals surface area contributed by atoms with Crippen molar-refractivity contribution in [2.45, 2.75) is 97.1 Å². The molecule has 25 heavy (non-hydrogen) atoms. The summed E-state index contributed by atoms with van der Waals surface area (Å²) >= 11 is 0. The van der Waals surface area contributed by atoms with E-state index < -0.39 is 5.79 Å². The van der Waals surface area contributed by atoms with Crippen molar-refractivity contribution in [1.82, 2.24) is 0 Å². The predicted molar refractivity (Wildman–Crippen MR) is 95.9 cm³/mol. The molecule has 0 spiro atoms. The van der Waals surface area contributed by atoms with Gasteiger partial charge < -0.3 is 9.47 Å². The molecule has 0 aromatic carbocycles. The fourth-order valence-corrected chi connectivity index (χ4v) is 8.01. The van der Waals surface area contributed by atoms with E-state index in [1.54, 1.807) is 0 Å². The number of rotatable bonds is 0. The number of carbonyl (C=O) groups excluding carboxylic acids is 1. The molecule has 0 aromatic heterocycles. The number of ether oxygens (including phenoxy) is 2. The van der Waals surface area contributed by atoms with Gasteiger partial charge in [0.05, 0.1) is 12.2 Å². The van der Waals surface area contributed by atoms with Crippen LogP contribution in [0.5, 0.6) is 0 Å². The Balaban J connectivity index is 1.60. The molecule has 3 nitrogen and oxygen atoms in total. The smallest absolute Gasteiger partial charge is 0.163 e. The molecule has 0 N–H and O–H groups in total. The highest BCUT2D eigenvalue weighted by Crippen LogP contribution is 2.67. The molecule has 3 heteroatoms. The van der Waals surface area contributed by atoms with Crippen molar-refractivity contribution in [3.63, 3.8) is 0 Å². The minimum atomic E-state index is -0.473. The summed E-state index contributed by atoms with van der Waals surface area (Å²) in [5.41, 5.74) is 0.278. The van der Waals surface area contributed by atoms with Crippen LogP contribution in [-0.2, 0) is 14.3 Å². The molecule has 0 bridgehead atoms. The lowest BCUT2D eigenvalue weighted by Gasteiger charge is -2.62. The molecule has 4 saturated carbocycles. The third-order valence-corrected chi connectivity index (χ3v) is 9.16. The zero-order valence-electron chi connectivity index (χ0n) is 16.3. The topological polar surface area (TPSA) is 35.5 Å². The van der Waals surface area contributed by atoms with Gasteiger partial charge in [0.25, 0.3) is 0 Å². The third-order valence-electron chi connectivity index (χ3n) is 9.16. The van der Waals surface area contributed by atoms with Gasteiger partial charge in [-0.15, -0.1) is 0 Å². The first-order chi connectivity index (χ1) is 11.8. The van der Waals surface area contributed by atoms with Gasteiger partial charge in [-0.1, -0.05) is 26.7 Å². The van der Waals surface area contributed by atoms with Gasteiger partial charge in [-0.05, 0) is 75.0 Å². The van der Waals surface area contributed by atoms with Gasteiger partial charge in [-0.3, -0.25) is 4.79 Å². The van der Waals surface area contributed by atoms with Gasteiger partial charge in [-0.2, -0.15) is 0 Å². The van der Waals surface area contributed by atoms with Crippen molar-refractivity contribution in [3.05, 3.63) is 0 Å². The van der Waals surface area contributed by atoms with Crippen LogP contribution >= 0.6 is 0 Å². The van der Waals surface area contributed by atoms with Crippen LogP contribution in [0.15, 0.2) is 0 Å². The van der Waals surface area contributed by atoms with E-state index in [1.807, 2.05) is 0 Å². The Bertz CT molecular complexity index is 598. The highest BCUT2D eigenvalue weighted by atomic mass is 16.8. The molecule has 1 heterocycles. The number of ketones is 1. The van der Waals surface area contributed by atoms with Crippen LogP contribution in [0.4, 0.5) is 0 Å². The molecule has 0 amide bonds.